The van der Waals surface area contributed by atoms with Crippen molar-refractivity contribution < 1.29 is 24.6 Å². The molecule has 0 spiro atoms. The maximum absolute atomic E-state index is 12.1. The van der Waals surface area contributed by atoms with Gasteiger partial charge in [-0.25, -0.2) is 4.79 Å². The first-order chi connectivity index (χ1) is 11.9. The number of phenols is 1. The molecule has 0 aromatic heterocycles. The number of rotatable bonds is 3. The van der Waals surface area contributed by atoms with E-state index >= 15 is 0 Å². The fourth-order valence-corrected chi connectivity index (χ4v) is 2.86. The van der Waals surface area contributed by atoms with Crippen molar-refractivity contribution in [3.8, 4) is 5.75 Å². The van der Waals surface area contributed by atoms with Gasteiger partial charge in [-0.15, -0.1) is 0 Å². The molecule has 25 heavy (non-hydrogen) atoms. The van der Waals surface area contributed by atoms with Gasteiger partial charge in [0.2, 0.25) is 0 Å². The number of amides is 2. The number of hydrogen-bond donors (Lipinski definition) is 4. The molecule has 126 valence electrons. The second-order valence-corrected chi connectivity index (χ2v) is 6.45. The van der Waals surface area contributed by atoms with Crippen molar-refractivity contribution in [2.45, 2.75) is 0 Å². The maximum Gasteiger partial charge on any atom is 0.339 e. The van der Waals surface area contributed by atoms with E-state index < -0.39 is 23.5 Å². The Kier molecular flexibility index (Phi) is 4.45. The number of aromatic hydroxyl groups is 1. The third-order valence-corrected chi connectivity index (χ3v) is 4.36. The lowest BCUT2D eigenvalue weighted by Crippen LogP contribution is -2.28. The van der Waals surface area contributed by atoms with Crippen LogP contribution in [0.25, 0.3) is 5.57 Å². The monoisotopic (exact) mass is 450 g/mol. The molecule has 0 atom stereocenters. The number of carboxylic acids is 1. The first-order valence-electron chi connectivity index (χ1n) is 7.06. The fourth-order valence-electron chi connectivity index (χ4n) is 2.50. The molecule has 8 heteroatoms. The van der Waals surface area contributed by atoms with E-state index in [0.29, 0.717) is 11.1 Å². The molecule has 0 radical (unpaired) electrons. The summed E-state index contributed by atoms with van der Waals surface area (Å²) in [6.45, 7) is 0. The van der Waals surface area contributed by atoms with E-state index in [9.17, 15) is 24.6 Å². The quantitative estimate of drug-likeness (QED) is 0.323. The van der Waals surface area contributed by atoms with Gasteiger partial charge in [0.15, 0.2) is 0 Å². The van der Waals surface area contributed by atoms with Crippen molar-refractivity contribution >= 4 is 45.9 Å². The Morgan fingerprint density at radius 3 is 2.04 bits per heavy atom. The van der Waals surface area contributed by atoms with Crippen molar-refractivity contribution in [3.63, 3.8) is 0 Å². The number of carboxylic acid groups (broad SMARTS) is 1. The number of benzene rings is 2. The zero-order valence-corrected chi connectivity index (χ0v) is 14.7. The van der Waals surface area contributed by atoms with Gasteiger partial charge >= 0.3 is 5.97 Å². The van der Waals surface area contributed by atoms with Crippen molar-refractivity contribution in [3.05, 3.63) is 68.3 Å². The molecule has 1 aliphatic rings. The predicted octanol–water partition coefficient (Wildman–Crippen LogP) is 1.66. The lowest BCUT2D eigenvalue weighted by Gasteiger charge is -2.12. The molecule has 1 fully saturated rings. The van der Waals surface area contributed by atoms with Crippen LogP contribution in [0.2, 0.25) is 0 Å². The molecule has 4 N–H and O–H groups in total. The zero-order chi connectivity index (χ0) is 18.1. The minimum Gasteiger partial charge on any atom is -0.507 e. The van der Waals surface area contributed by atoms with Crippen LogP contribution in [0.3, 0.4) is 0 Å². The first-order valence-corrected chi connectivity index (χ1v) is 8.14. The van der Waals surface area contributed by atoms with Crippen LogP contribution in [0.1, 0.15) is 21.5 Å². The van der Waals surface area contributed by atoms with Crippen LogP contribution in [0.5, 0.6) is 5.75 Å². The molecule has 0 unspecified atom stereocenters. The smallest absolute Gasteiger partial charge is 0.339 e. The van der Waals surface area contributed by atoms with E-state index in [4.69, 9.17) is 0 Å². The minimum absolute atomic E-state index is 0.122. The average molecular weight is 450 g/mol. The second kappa shape index (κ2) is 6.55. The van der Waals surface area contributed by atoms with Gasteiger partial charge in [0.1, 0.15) is 16.9 Å². The SMILES string of the molecule is O=C1NNC(=O)C1=C(c1ccc(I)cc1)c1ccc(O)c(C(=O)O)c1. The normalized spacial score (nSPS) is 13.4. The number of carbonyl (C=O) groups is 3. The molecule has 2 aromatic rings. The summed E-state index contributed by atoms with van der Waals surface area (Å²) in [6.07, 6.45) is 0. The highest BCUT2D eigenvalue weighted by molar-refractivity contribution is 14.1. The molecular weight excluding hydrogens is 439 g/mol. The van der Waals surface area contributed by atoms with Crippen LogP contribution < -0.4 is 10.9 Å². The summed E-state index contributed by atoms with van der Waals surface area (Å²) in [6, 6.07) is 11.0. The Bertz CT molecular complexity index is 917. The molecule has 2 amide bonds. The van der Waals surface area contributed by atoms with E-state index in [2.05, 4.69) is 33.4 Å². The highest BCUT2D eigenvalue weighted by Crippen LogP contribution is 2.31. The number of aromatic carboxylic acids is 1. The van der Waals surface area contributed by atoms with Crippen molar-refractivity contribution in [1.82, 2.24) is 10.9 Å². The molecule has 3 rings (SSSR count). The Morgan fingerprint density at radius 1 is 0.920 bits per heavy atom. The summed E-state index contributed by atoms with van der Waals surface area (Å²) in [5.74, 6) is -2.93. The number of nitrogens with one attached hydrogen (secondary N) is 2. The summed E-state index contributed by atoms with van der Waals surface area (Å²) in [5, 5.41) is 18.9. The van der Waals surface area contributed by atoms with Crippen molar-refractivity contribution in [2.75, 3.05) is 0 Å². The number of hydrogen-bond acceptors (Lipinski definition) is 4. The largest absolute Gasteiger partial charge is 0.507 e. The third-order valence-electron chi connectivity index (χ3n) is 3.64. The minimum atomic E-state index is -1.31. The number of halogens is 1. The number of carbonyl (C=O) groups excluding carboxylic acids is 2. The molecule has 0 aliphatic carbocycles. The number of hydrazine groups is 1. The van der Waals surface area contributed by atoms with Crippen LogP contribution in [-0.4, -0.2) is 28.0 Å². The Morgan fingerprint density at radius 2 is 1.48 bits per heavy atom. The Labute approximate surface area is 155 Å². The molecule has 0 bridgehead atoms. The van der Waals surface area contributed by atoms with E-state index in [-0.39, 0.29) is 16.7 Å². The van der Waals surface area contributed by atoms with Gasteiger partial charge in [-0.3, -0.25) is 20.4 Å². The molecule has 1 saturated heterocycles. The van der Waals surface area contributed by atoms with Crippen molar-refractivity contribution in [2.24, 2.45) is 0 Å². The van der Waals surface area contributed by atoms with E-state index in [1.165, 1.54) is 18.2 Å². The van der Waals surface area contributed by atoms with Crippen LogP contribution in [0, 0.1) is 3.57 Å². The van der Waals surface area contributed by atoms with E-state index in [0.717, 1.165) is 3.57 Å². The van der Waals surface area contributed by atoms with Crippen molar-refractivity contribution in [1.29, 1.82) is 0 Å². The second-order valence-electron chi connectivity index (χ2n) is 5.20. The summed E-state index contributed by atoms with van der Waals surface area (Å²) in [5.41, 5.74) is 5.22. The van der Waals surface area contributed by atoms with Gasteiger partial charge in [-0.2, -0.15) is 0 Å². The first kappa shape index (κ1) is 17.0. The van der Waals surface area contributed by atoms with Crippen LogP contribution in [0.15, 0.2) is 48.0 Å². The summed E-state index contributed by atoms with van der Waals surface area (Å²) >= 11 is 2.12. The van der Waals surface area contributed by atoms with Crippen LogP contribution in [0.4, 0.5) is 0 Å². The summed E-state index contributed by atoms with van der Waals surface area (Å²) in [4.78, 5) is 35.5. The zero-order valence-electron chi connectivity index (χ0n) is 12.5. The van der Waals surface area contributed by atoms with Gasteiger partial charge < -0.3 is 10.2 Å². The van der Waals surface area contributed by atoms with E-state index in [1.807, 2.05) is 0 Å². The molecule has 7 nitrogen and oxygen atoms in total. The molecular formula is C17H11IN2O5. The fraction of sp³-hybridized carbons (Fsp3) is 0. The highest BCUT2D eigenvalue weighted by Gasteiger charge is 2.31. The van der Waals surface area contributed by atoms with Crippen LogP contribution >= 0.6 is 22.6 Å². The Hall–Kier alpha value is -2.88. The lowest BCUT2D eigenvalue weighted by molar-refractivity contribution is -0.117. The van der Waals surface area contributed by atoms with E-state index in [1.54, 1.807) is 24.3 Å². The topological polar surface area (TPSA) is 116 Å². The molecule has 0 saturated carbocycles. The summed E-state index contributed by atoms with van der Waals surface area (Å²) < 4.78 is 0.961. The average Bonchev–Trinajstić information content (AvgIpc) is 2.90. The van der Waals surface area contributed by atoms with Gasteiger partial charge in [0, 0.05) is 9.14 Å². The molecule has 2 aromatic carbocycles. The highest BCUT2D eigenvalue weighted by atomic mass is 127. The molecule has 1 aliphatic heterocycles. The standard InChI is InChI=1S/C17H11IN2O5/c18-10-4-1-8(2-5-10)13(14-15(22)19-20-16(14)23)9-3-6-12(21)11(7-9)17(24)25/h1-7,21H,(H,19,22)(H,20,23)(H,24,25). The third kappa shape index (κ3) is 3.20. The van der Waals surface area contributed by atoms with Crippen LogP contribution in [-0.2, 0) is 9.59 Å². The van der Waals surface area contributed by atoms with Gasteiger partial charge in [-0.1, -0.05) is 18.2 Å². The van der Waals surface area contributed by atoms with Gasteiger partial charge in [0.25, 0.3) is 11.8 Å². The predicted molar refractivity (Wildman–Crippen MR) is 96.5 cm³/mol. The Balaban J connectivity index is 2.30. The summed E-state index contributed by atoms with van der Waals surface area (Å²) in [7, 11) is 0. The maximum atomic E-state index is 12.1. The lowest BCUT2D eigenvalue weighted by atomic mass is 9.91. The van der Waals surface area contributed by atoms with Gasteiger partial charge in [0.05, 0.1) is 0 Å². The van der Waals surface area contributed by atoms with Gasteiger partial charge in [-0.05, 0) is 58.0 Å². The molecule has 1 heterocycles.